The lowest BCUT2D eigenvalue weighted by Gasteiger charge is -2.38. The van der Waals surface area contributed by atoms with Gasteiger partial charge in [-0.3, -0.25) is 9.59 Å². The first kappa shape index (κ1) is 15.4. The molecule has 1 saturated heterocycles. The van der Waals surface area contributed by atoms with Crippen LogP contribution in [0, 0.1) is 5.41 Å². The van der Waals surface area contributed by atoms with Gasteiger partial charge < -0.3 is 15.0 Å². The molecule has 1 aliphatic rings. The molecule has 2 amide bonds. The summed E-state index contributed by atoms with van der Waals surface area (Å²) in [5.74, 6) is 0.575. The number of carbonyl (C=O) groups excluding carboxylic acids is 2. The average Bonchev–Trinajstić information content (AvgIpc) is 2.45. The molecule has 0 saturated carbocycles. The highest BCUT2D eigenvalue weighted by atomic mass is 16.5. The van der Waals surface area contributed by atoms with Gasteiger partial charge in [-0.2, -0.15) is 0 Å². The number of rotatable bonds is 2. The maximum atomic E-state index is 12.6. The highest BCUT2D eigenvalue weighted by Crippen LogP contribution is 2.29. The minimum Gasteiger partial charge on any atom is -0.497 e. The van der Waals surface area contributed by atoms with E-state index in [1.807, 2.05) is 32.9 Å². The van der Waals surface area contributed by atoms with E-state index >= 15 is 0 Å². The van der Waals surface area contributed by atoms with Crippen molar-refractivity contribution >= 4 is 11.8 Å². The molecule has 21 heavy (non-hydrogen) atoms. The summed E-state index contributed by atoms with van der Waals surface area (Å²) in [6.07, 6.45) is 0. The summed E-state index contributed by atoms with van der Waals surface area (Å²) in [5.41, 5.74) is 0.285. The van der Waals surface area contributed by atoms with Crippen LogP contribution in [0.1, 0.15) is 32.4 Å². The van der Waals surface area contributed by atoms with Crippen LogP contribution in [0.5, 0.6) is 5.75 Å². The van der Waals surface area contributed by atoms with E-state index in [4.69, 9.17) is 4.74 Å². The standard InChI is InChI=1S/C16H22N2O3/c1-16(2,3)15(20)18-10-9-17-14(19)13(18)11-5-7-12(21-4)8-6-11/h5-8,13H,9-10H2,1-4H3,(H,17,19). The molecule has 1 fully saturated rings. The molecule has 0 spiro atoms. The largest absolute Gasteiger partial charge is 0.497 e. The molecule has 1 atom stereocenters. The van der Waals surface area contributed by atoms with Gasteiger partial charge in [-0.15, -0.1) is 0 Å². The molecule has 1 aromatic rings. The van der Waals surface area contributed by atoms with E-state index in [0.717, 1.165) is 11.3 Å². The van der Waals surface area contributed by atoms with Gasteiger partial charge in [-0.1, -0.05) is 32.9 Å². The van der Waals surface area contributed by atoms with Crippen molar-refractivity contribution in [2.45, 2.75) is 26.8 Å². The predicted molar refractivity (Wildman–Crippen MR) is 79.9 cm³/mol. The molecule has 0 bridgehead atoms. The minimum atomic E-state index is -0.573. The molecule has 0 aromatic heterocycles. The van der Waals surface area contributed by atoms with Crippen molar-refractivity contribution < 1.29 is 14.3 Å². The maximum absolute atomic E-state index is 12.6. The van der Waals surface area contributed by atoms with E-state index in [9.17, 15) is 9.59 Å². The van der Waals surface area contributed by atoms with Crippen LogP contribution in [0.3, 0.4) is 0 Å². The van der Waals surface area contributed by atoms with Gasteiger partial charge >= 0.3 is 0 Å². The molecular weight excluding hydrogens is 268 g/mol. The molecule has 0 aliphatic carbocycles. The fourth-order valence-electron chi connectivity index (χ4n) is 2.43. The SMILES string of the molecule is COc1ccc(C2C(=O)NCCN2C(=O)C(C)(C)C)cc1. The van der Waals surface area contributed by atoms with Crippen LogP contribution in [0.25, 0.3) is 0 Å². The lowest BCUT2D eigenvalue weighted by molar-refractivity contribution is -0.149. The van der Waals surface area contributed by atoms with Crippen molar-refractivity contribution in [3.8, 4) is 5.75 Å². The van der Waals surface area contributed by atoms with Gasteiger partial charge in [0, 0.05) is 18.5 Å². The zero-order chi connectivity index (χ0) is 15.6. The molecule has 1 aromatic carbocycles. The molecule has 5 heteroatoms. The Morgan fingerprint density at radius 2 is 1.90 bits per heavy atom. The number of benzene rings is 1. The summed E-state index contributed by atoms with van der Waals surface area (Å²) in [6.45, 7) is 6.62. The average molecular weight is 290 g/mol. The van der Waals surface area contributed by atoms with E-state index in [0.29, 0.717) is 13.1 Å². The van der Waals surface area contributed by atoms with Crippen LogP contribution in [0.2, 0.25) is 0 Å². The molecule has 2 rings (SSSR count). The Labute approximate surface area is 125 Å². The first-order chi connectivity index (χ1) is 9.84. The Morgan fingerprint density at radius 3 is 2.43 bits per heavy atom. The minimum absolute atomic E-state index is 0.0156. The summed E-state index contributed by atoms with van der Waals surface area (Å²) in [7, 11) is 1.59. The Morgan fingerprint density at radius 1 is 1.29 bits per heavy atom. The molecule has 0 radical (unpaired) electrons. The van der Waals surface area contributed by atoms with Crippen molar-refractivity contribution in [1.82, 2.24) is 10.2 Å². The summed E-state index contributed by atoms with van der Waals surface area (Å²) in [6, 6.07) is 6.69. The van der Waals surface area contributed by atoms with E-state index in [1.165, 1.54) is 0 Å². The van der Waals surface area contributed by atoms with E-state index in [-0.39, 0.29) is 11.8 Å². The smallest absolute Gasteiger partial charge is 0.247 e. The molecule has 1 aliphatic heterocycles. The van der Waals surface area contributed by atoms with Crippen LogP contribution in [0.15, 0.2) is 24.3 Å². The second-order valence-electron chi connectivity index (χ2n) is 6.22. The van der Waals surface area contributed by atoms with Gasteiger partial charge in [-0.25, -0.2) is 0 Å². The zero-order valence-electron chi connectivity index (χ0n) is 13.0. The summed E-state index contributed by atoms with van der Waals surface area (Å²) in [5, 5.41) is 2.83. The number of nitrogens with zero attached hydrogens (tertiary/aromatic N) is 1. The number of hydrogen-bond donors (Lipinski definition) is 1. The van der Waals surface area contributed by atoms with Gasteiger partial charge in [-0.05, 0) is 17.7 Å². The van der Waals surface area contributed by atoms with Crippen LogP contribution >= 0.6 is 0 Å². The molecule has 1 heterocycles. The second-order valence-corrected chi connectivity index (χ2v) is 6.22. The topological polar surface area (TPSA) is 58.6 Å². The second kappa shape index (κ2) is 5.76. The Hall–Kier alpha value is -2.04. The zero-order valence-corrected chi connectivity index (χ0v) is 13.0. The number of nitrogens with one attached hydrogen (secondary N) is 1. The van der Waals surface area contributed by atoms with Crippen molar-refractivity contribution in [3.05, 3.63) is 29.8 Å². The van der Waals surface area contributed by atoms with Gasteiger partial charge in [0.05, 0.1) is 7.11 Å². The molecule has 1 N–H and O–H groups in total. The Kier molecular flexibility index (Phi) is 4.21. The lowest BCUT2D eigenvalue weighted by atomic mass is 9.92. The van der Waals surface area contributed by atoms with Crippen molar-refractivity contribution in [2.75, 3.05) is 20.2 Å². The van der Waals surface area contributed by atoms with Crippen molar-refractivity contribution in [1.29, 1.82) is 0 Å². The quantitative estimate of drug-likeness (QED) is 0.902. The molecule has 114 valence electrons. The van der Waals surface area contributed by atoms with Crippen LogP contribution in [0.4, 0.5) is 0 Å². The monoisotopic (exact) mass is 290 g/mol. The van der Waals surface area contributed by atoms with Crippen molar-refractivity contribution in [2.24, 2.45) is 5.41 Å². The molecule has 5 nitrogen and oxygen atoms in total. The van der Waals surface area contributed by atoms with Gasteiger partial charge in [0.1, 0.15) is 11.8 Å². The highest BCUT2D eigenvalue weighted by Gasteiger charge is 2.38. The maximum Gasteiger partial charge on any atom is 0.247 e. The summed E-state index contributed by atoms with van der Waals surface area (Å²) in [4.78, 5) is 26.5. The van der Waals surface area contributed by atoms with E-state index in [2.05, 4.69) is 5.32 Å². The van der Waals surface area contributed by atoms with E-state index in [1.54, 1.807) is 24.1 Å². The van der Waals surface area contributed by atoms with Crippen LogP contribution < -0.4 is 10.1 Å². The number of methoxy groups -OCH3 is 1. The predicted octanol–water partition coefficient (Wildman–Crippen LogP) is 1.74. The van der Waals surface area contributed by atoms with Crippen LogP contribution in [-0.2, 0) is 9.59 Å². The Balaban J connectivity index is 2.34. The van der Waals surface area contributed by atoms with E-state index < -0.39 is 11.5 Å². The van der Waals surface area contributed by atoms with Crippen molar-refractivity contribution in [3.63, 3.8) is 0 Å². The Bertz CT molecular complexity index is 531. The molecule has 1 unspecified atom stereocenters. The summed E-state index contributed by atoms with van der Waals surface area (Å²) >= 11 is 0. The van der Waals surface area contributed by atoms with Gasteiger partial charge in [0.15, 0.2) is 0 Å². The van der Waals surface area contributed by atoms with Gasteiger partial charge in [0.2, 0.25) is 11.8 Å². The third-order valence-corrected chi connectivity index (χ3v) is 3.55. The lowest BCUT2D eigenvalue weighted by Crippen LogP contribution is -2.54. The first-order valence-electron chi connectivity index (χ1n) is 7.07. The number of amides is 2. The number of piperazine rings is 1. The fraction of sp³-hybridized carbons (Fsp3) is 0.500. The fourth-order valence-corrected chi connectivity index (χ4v) is 2.43. The normalized spacial score (nSPS) is 19.1. The summed E-state index contributed by atoms with van der Waals surface area (Å²) < 4.78 is 5.13. The third-order valence-electron chi connectivity index (χ3n) is 3.55. The van der Waals surface area contributed by atoms with Gasteiger partial charge in [0.25, 0.3) is 0 Å². The molecular formula is C16H22N2O3. The van der Waals surface area contributed by atoms with Crippen LogP contribution in [-0.4, -0.2) is 36.9 Å². The number of hydrogen-bond acceptors (Lipinski definition) is 3. The highest BCUT2D eigenvalue weighted by molar-refractivity contribution is 5.91. The number of ether oxygens (including phenoxy) is 1. The first-order valence-corrected chi connectivity index (χ1v) is 7.07. The number of carbonyl (C=O) groups is 2. The third kappa shape index (κ3) is 3.17.